The summed E-state index contributed by atoms with van der Waals surface area (Å²) in [5.41, 5.74) is 0.301. The molecule has 1 fully saturated rings. The zero-order valence-electron chi connectivity index (χ0n) is 11.7. The molecule has 0 spiro atoms. The molecule has 2 heteroatoms. The van der Waals surface area contributed by atoms with E-state index < -0.39 is 0 Å². The highest BCUT2D eigenvalue weighted by Crippen LogP contribution is 2.25. The van der Waals surface area contributed by atoms with Gasteiger partial charge in [-0.05, 0) is 53.2 Å². The molecule has 1 rings (SSSR count). The van der Waals surface area contributed by atoms with E-state index in [0.717, 1.165) is 0 Å². The van der Waals surface area contributed by atoms with Gasteiger partial charge in [0.2, 0.25) is 0 Å². The fraction of sp³-hybridized carbons (Fsp3) is 1.00. The van der Waals surface area contributed by atoms with Crippen LogP contribution in [0.3, 0.4) is 0 Å². The lowest BCUT2D eigenvalue weighted by atomic mass is 9.89. The molecular weight excluding hydrogens is 196 g/mol. The van der Waals surface area contributed by atoms with Gasteiger partial charge in [-0.2, -0.15) is 0 Å². The molecular formula is C14H30N2. The van der Waals surface area contributed by atoms with Gasteiger partial charge in [0.05, 0.1) is 0 Å². The molecule has 1 aliphatic heterocycles. The van der Waals surface area contributed by atoms with Gasteiger partial charge < -0.3 is 5.32 Å². The number of hydrogen-bond donors (Lipinski definition) is 1. The maximum atomic E-state index is 3.52. The molecule has 2 nitrogen and oxygen atoms in total. The monoisotopic (exact) mass is 226 g/mol. The molecule has 1 atom stereocenters. The van der Waals surface area contributed by atoms with Crippen molar-refractivity contribution in [1.82, 2.24) is 10.2 Å². The van der Waals surface area contributed by atoms with Crippen molar-refractivity contribution in [2.75, 3.05) is 20.1 Å². The van der Waals surface area contributed by atoms with E-state index in [1.807, 2.05) is 0 Å². The first kappa shape index (κ1) is 14.0. The van der Waals surface area contributed by atoms with E-state index in [4.69, 9.17) is 0 Å². The van der Waals surface area contributed by atoms with E-state index >= 15 is 0 Å². The van der Waals surface area contributed by atoms with Crippen LogP contribution in [-0.2, 0) is 0 Å². The molecule has 1 unspecified atom stereocenters. The Kier molecular flexibility index (Phi) is 5.77. The first-order valence-electron chi connectivity index (χ1n) is 7.05. The van der Waals surface area contributed by atoms with Gasteiger partial charge in [0.25, 0.3) is 0 Å². The summed E-state index contributed by atoms with van der Waals surface area (Å²) in [5, 5.41) is 3.52. The molecule has 96 valence electrons. The third-order valence-electron chi connectivity index (χ3n) is 4.20. The van der Waals surface area contributed by atoms with Crippen molar-refractivity contribution in [3.8, 4) is 0 Å². The second-order valence-corrected chi connectivity index (χ2v) is 5.68. The lowest BCUT2D eigenvalue weighted by Crippen LogP contribution is -2.57. The normalized spacial score (nSPS) is 21.8. The molecule has 0 amide bonds. The van der Waals surface area contributed by atoms with Gasteiger partial charge in [-0.3, -0.25) is 4.90 Å². The zero-order chi connectivity index (χ0) is 12.0. The molecule has 1 heterocycles. The Labute approximate surface area is 102 Å². The van der Waals surface area contributed by atoms with Crippen molar-refractivity contribution in [2.45, 2.75) is 70.9 Å². The Morgan fingerprint density at radius 1 is 1.12 bits per heavy atom. The van der Waals surface area contributed by atoms with E-state index in [2.05, 4.69) is 38.0 Å². The number of likely N-dealkylation sites (N-methyl/N-ethyl adjacent to an activating group) is 1. The predicted molar refractivity (Wildman–Crippen MR) is 71.9 cm³/mol. The van der Waals surface area contributed by atoms with E-state index in [1.54, 1.807) is 0 Å². The lowest BCUT2D eigenvalue weighted by molar-refractivity contribution is 0.0828. The smallest absolute Gasteiger partial charge is 0.0306 e. The van der Waals surface area contributed by atoms with Crippen molar-refractivity contribution in [3.63, 3.8) is 0 Å². The molecule has 1 saturated heterocycles. The van der Waals surface area contributed by atoms with Gasteiger partial charge in [0.15, 0.2) is 0 Å². The predicted octanol–water partition coefficient (Wildman–Crippen LogP) is 3.03. The average Bonchev–Trinajstić information content (AvgIpc) is 2.54. The van der Waals surface area contributed by atoms with Crippen LogP contribution < -0.4 is 5.32 Å². The minimum atomic E-state index is 0.301. The summed E-state index contributed by atoms with van der Waals surface area (Å²) in [7, 11) is 2.11. The van der Waals surface area contributed by atoms with Gasteiger partial charge >= 0.3 is 0 Å². The minimum absolute atomic E-state index is 0.301. The number of nitrogens with one attached hydrogen (secondary N) is 1. The van der Waals surface area contributed by atoms with Crippen LogP contribution in [0, 0.1) is 0 Å². The van der Waals surface area contributed by atoms with E-state index in [9.17, 15) is 0 Å². The zero-order valence-corrected chi connectivity index (χ0v) is 11.7. The third-order valence-corrected chi connectivity index (χ3v) is 4.20. The number of nitrogens with zero attached hydrogens (tertiary/aromatic N) is 1. The highest BCUT2D eigenvalue weighted by molar-refractivity contribution is 4.93. The van der Waals surface area contributed by atoms with Gasteiger partial charge in [-0.15, -0.1) is 0 Å². The third kappa shape index (κ3) is 3.46. The summed E-state index contributed by atoms with van der Waals surface area (Å²) in [6, 6.07) is 0.621. The van der Waals surface area contributed by atoms with Crippen molar-refractivity contribution < 1.29 is 0 Å². The molecule has 0 saturated carbocycles. The highest BCUT2D eigenvalue weighted by Gasteiger charge is 2.33. The Hall–Kier alpha value is -0.0800. The molecule has 0 aliphatic carbocycles. The van der Waals surface area contributed by atoms with Crippen molar-refractivity contribution in [3.05, 3.63) is 0 Å². The Morgan fingerprint density at radius 3 is 2.12 bits per heavy atom. The molecule has 16 heavy (non-hydrogen) atoms. The largest absolute Gasteiger partial charge is 0.315 e. The molecule has 0 aromatic heterocycles. The minimum Gasteiger partial charge on any atom is -0.315 e. The van der Waals surface area contributed by atoms with Gasteiger partial charge in [0, 0.05) is 11.6 Å². The average molecular weight is 226 g/mol. The van der Waals surface area contributed by atoms with E-state index in [0.29, 0.717) is 11.6 Å². The Bertz CT molecular complexity index is 181. The van der Waals surface area contributed by atoms with Crippen LogP contribution in [0.5, 0.6) is 0 Å². The van der Waals surface area contributed by atoms with E-state index in [-0.39, 0.29) is 0 Å². The van der Waals surface area contributed by atoms with Crippen molar-refractivity contribution >= 4 is 0 Å². The van der Waals surface area contributed by atoms with Crippen LogP contribution >= 0.6 is 0 Å². The molecule has 1 aliphatic rings. The van der Waals surface area contributed by atoms with Crippen LogP contribution in [-0.4, -0.2) is 36.6 Å². The van der Waals surface area contributed by atoms with Crippen LogP contribution in [0.2, 0.25) is 0 Å². The van der Waals surface area contributed by atoms with Crippen LogP contribution in [0.1, 0.15) is 59.3 Å². The highest BCUT2D eigenvalue weighted by atomic mass is 15.2. The summed E-state index contributed by atoms with van der Waals surface area (Å²) in [6.45, 7) is 9.68. The first-order chi connectivity index (χ1) is 7.62. The second kappa shape index (κ2) is 6.61. The summed E-state index contributed by atoms with van der Waals surface area (Å²) in [5.74, 6) is 0. The van der Waals surface area contributed by atoms with Crippen molar-refractivity contribution in [1.29, 1.82) is 0 Å². The first-order valence-corrected chi connectivity index (χ1v) is 7.05. The molecule has 0 aromatic rings. The number of hydrogen-bond acceptors (Lipinski definition) is 2. The number of likely N-dealkylation sites (tertiary alicyclic amines) is 1. The van der Waals surface area contributed by atoms with E-state index in [1.165, 1.54) is 51.6 Å². The SMILES string of the molecule is CCCC(NC)C(C)(C)N1CCCCCC1. The summed E-state index contributed by atoms with van der Waals surface area (Å²) in [6.07, 6.45) is 8.15. The molecule has 0 aromatic carbocycles. The molecule has 1 N–H and O–H groups in total. The summed E-state index contributed by atoms with van der Waals surface area (Å²) < 4.78 is 0. The lowest BCUT2D eigenvalue weighted by Gasteiger charge is -2.44. The fourth-order valence-electron chi connectivity index (χ4n) is 3.01. The summed E-state index contributed by atoms with van der Waals surface area (Å²) >= 11 is 0. The second-order valence-electron chi connectivity index (χ2n) is 5.68. The molecule has 0 radical (unpaired) electrons. The van der Waals surface area contributed by atoms with Gasteiger partial charge in [0.1, 0.15) is 0 Å². The number of rotatable bonds is 5. The standard InChI is InChI=1S/C14H30N2/c1-5-10-13(15-4)14(2,3)16-11-8-6-7-9-12-16/h13,15H,5-12H2,1-4H3. The molecule has 0 bridgehead atoms. The Morgan fingerprint density at radius 2 is 1.69 bits per heavy atom. The maximum Gasteiger partial charge on any atom is 0.0306 e. The van der Waals surface area contributed by atoms with Crippen LogP contribution in [0.15, 0.2) is 0 Å². The van der Waals surface area contributed by atoms with Gasteiger partial charge in [-0.1, -0.05) is 26.2 Å². The Balaban J connectivity index is 2.63. The fourth-order valence-corrected chi connectivity index (χ4v) is 3.01. The van der Waals surface area contributed by atoms with Crippen LogP contribution in [0.4, 0.5) is 0 Å². The van der Waals surface area contributed by atoms with Crippen LogP contribution in [0.25, 0.3) is 0 Å². The summed E-state index contributed by atoms with van der Waals surface area (Å²) in [4.78, 5) is 2.71. The topological polar surface area (TPSA) is 15.3 Å². The van der Waals surface area contributed by atoms with Crippen molar-refractivity contribution in [2.24, 2.45) is 0 Å². The quantitative estimate of drug-likeness (QED) is 0.775. The maximum absolute atomic E-state index is 3.52. The van der Waals surface area contributed by atoms with Gasteiger partial charge in [-0.25, -0.2) is 0 Å².